The first kappa shape index (κ1) is 23.9. The van der Waals surface area contributed by atoms with E-state index in [2.05, 4.69) is 15.5 Å². The molecule has 0 unspecified atom stereocenters. The predicted octanol–water partition coefficient (Wildman–Crippen LogP) is 5.13. The van der Waals surface area contributed by atoms with Crippen molar-refractivity contribution in [2.75, 3.05) is 36.8 Å². The average molecular weight is 470 g/mol. The van der Waals surface area contributed by atoms with Crippen molar-refractivity contribution in [3.05, 3.63) is 57.6 Å². The Morgan fingerprint density at radius 3 is 2.44 bits per heavy atom. The van der Waals surface area contributed by atoms with E-state index in [0.29, 0.717) is 12.2 Å². The number of likely N-dealkylation sites (tertiary alicyclic amines) is 1. The highest BCUT2D eigenvalue weighted by Gasteiger charge is 2.34. The Hall–Kier alpha value is -2.78. The second kappa shape index (κ2) is 9.79. The summed E-state index contributed by atoms with van der Waals surface area (Å²) in [5.41, 5.74) is -0.653. The predicted molar refractivity (Wildman–Crippen MR) is 117 cm³/mol. The standard InChI is InChI=1S/C22H23ClF3N3O3/c1-13-16(22(24,25)26)6-5-15(19(13)23)20(30)28-18-12-14(21(31)32)4-7-17(18)27-8-11-29-9-2-3-10-29/h4-7,12,27H,2-3,8-11H2,1H3,(H,28,30)(H,31,32). The molecule has 1 aliphatic heterocycles. The van der Waals surface area contributed by atoms with Crippen LogP contribution in [0, 0.1) is 6.92 Å². The number of halogens is 4. The Morgan fingerprint density at radius 1 is 1.12 bits per heavy atom. The second-order valence-corrected chi connectivity index (χ2v) is 7.97. The number of hydrogen-bond acceptors (Lipinski definition) is 4. The summed E-state index contributed by atoms with van der Waals surface area (Å²) in [5, 5.41) is 14.8. The molecule has 32 heavy (non-hydrogen) atoms. The van der Waals surface area contributed by atoms with Crippen LogP contribution in [-0.4, -0.2) is 48.1 Å². The molecule has 0 saturated carbocycles. The van der Waals surface area contributed by atoms with Gasteiger partial charge in [-0.05, 0) is 68.8 Å². The van der Waals surface area contributed by atoms with E-state index < -0.39 is 23.6 Å². The second-order valence-electron chi connectivity index (χ2n) is 7.59. The molecule has 1 saturated heterocycles. The van der Waals surface area contributed by atoms with Gasteiger partial charge in [0.05, 0.1) is 33.1 Å². The number of carboxylic acid groups (broad SMARTS) is 1. The van der Waals surface area contributed by atoms with Crippen molar-refractivity contribution >= 4 is 34.9 Å². The van der Waals surface area contributed by atoms with Crippen LogP contribution in [-0.2, 0) is 6.18 Å². The van der Waals surface area contributed by atoms with Gasteiger partial charge in [-0.15, -0.1) is 0 Å². The largest absolute Gasteiger partial charge is 0.478 e. The van der Waals surface area contributed by atoms with Gasteiger partial charge >= 0.3 is 12.1 Å². The molecule has 3 N–H and O–H groups in total. The minimum absolute atomic E-state index is 0.0416. The highest BCUT2D eigenvalue weighted by atomic mass is 35.5. The first-order valence-electron chi connectivity index (χ1n) is 10.1. The molecule has 2 aromatic rings. The van der Waals surface area contributed by atoms with Crippen LogP contribution in [0.2, 0.25) is 5.02 Å². The third-order valence-electron chi connectivity index (χ3n) is 5.39. The summed E-state index contributed by atoms with van der Waals surface area (Å²) in [6, 6.07) is 6.06. The first-order chi connectivity index (χ1) is 15.1. The molecule has 1 amide bonds. The Morgan fingerprint density at radius 2 is 1.81 bits per heavy atom. The van der Waals surface area contributed by atoms with Crippen LogP contribution in [0.4, 0.5) is 24.5 Å². The van der Waals surface area contributed by atoms with Gasteiger partial charge in [-0.2, -0.15) is 13.2 Å². The fraction of sp³-hybridized carbons (Fsp3) is 0.364. The van der Waals surface area contributed by atoms with Crippen molar-refractivity contribution in [1.29, 1.82) is 0 Å². The lowest BCUT2D eigenvalue weighted by atomic mass is 10.0. The molecule has 10 heteroatoms. The van der Waals surface area contributed by atoms with Crippen LogP contribution < -0.4 is 10.6 Å². The van der Waals surface area contributed by atoms with Gasteiger partial charge in [-0.25, -0.2) is 4.79 Å². The number of hydrogen-bond donors (Lipinski definition) is 3. The lowest BCUT2D eigenvalue weighted by Gasteiger charge is -2.18. The molecule has 0 aromatic heterocycles. The number of amides is 1. The first-order valence-corrected chi connectivity index (χ1v) is 10.5. The van der Waals surface area contributed by atoms with Crippen LogP contribution in [0.5, 0.6) is 0 Å². The lowest BCUT2D eigenvalue weighted by Crippen LogP contribution is -2.26. The molecule has 0 spiro atoms. The number of carbonyl (C=O) groups is 2. The van der Waals surface area contributed by atoms with Crippen LogP contribution in [0.25, 0.3) is 0 Å². The summed E-state index contributed by atoms with van der Waals surface area (Å²) >= 11 is 6.07. The van der Waals surface area contributed by atoms with E-state index in [9.17, 15) is 27.9 Å². The van der Waals surface area contributed by atoms with Gasteiger partial charge in [0.2, 0.25) is 0 Å². The molecule has 2 aromatic carbocycles. The fourth-order valence-corrected chi connectivity index (χ4v) is 3.90. The van der Waals surface area contributed by atoms with Crippen molar-refractivity contribution in [1.82, 2.24) is 4.90 Å². The van der Waals surface area contributed by atoms with Crippen molar-refractivity contribution < 1.29 is 27.9 Å². The summed E-state index contributed by atoms with van der Waals surface area (Å²) in [5.74, 6) is -1.91. The third-order valence-corrected chi connectivity index (χ3v) is 5.88. The van der Waals surface area contributed by atoms with Crippen LogP contribution in [0.3, 0.4) is 0 Å². The summed E-state index contributed by atoms with van der Waals surface area (Å²) in [7, 11) is 0. The van der Waals surface area contributed by atoms with Gasteiger partial charge in [0, 0.05) is 13.1 Å². The number of aromatic carboxylic acids is 1. The van der Waals surface area contributed by atoms with E-state index in [1.54, 1.807) is 6.07 Å². The molecule has 172 valence electrons. The Balaban J connectivity index is 1.82. The zero-order valence-corrected chi connectivity index (χ0v) is 18.1. The summed E-state index contributed by atoms with van der Waals surface area (Å²) in [6.45, 7) is 4.61. The third kappa shape index (κ3) is 5.52. The van der Waals surface area contributed by atoms with Crippen molar-refractivity contribution in [2.45, 2.75) is 25.9 Å². The van der Waals surface area contributed by atoms with Gasteiger partial charge in [0.1, 0.15) is 0 Å². The maximum Gasteiger partial charge on any atom is 0.416 e. The molecule has 0 aliphatic carbocycles. The van der Waals surface area contributed by atoms with E-state index in [1.807, 2.05) is 0 Å². The van der Waals surface area contributed by atoms with E-state index in [1.165, 1.54) is 19.1 Å². The van der Waals surface area contributed by atoms with Crippen LogP contribution >= 0.6 is 11.6 Å². The molecule has 6 nitrogen and oxygen atoms in total. The zero-order valence-electron chi connectivity index (χ0n) is 17.4. The molecule has 3 rings (SSSR count). The number of rotatable bonds is 7. The molecule has 0 radical (unpaired) electrons. The number of carboxylic acids is 1. The van der Waals surface area contributed by atoms with E-state index in [0.717, 1.165) is 44.6 Å². The van der Waals surface area contributed by atoms with Gasteiger partial charge in [-0.1, -0.05) is 11.6 Å². The number of nitrogens with zero attached hydrogens (tertiary/aromatic N) is 1. The molecular weight excluding hydrogens is 447 g/mol. The zero-order chi connectivity index (χ0) is 23.5. The summed E-state index contributed by atoms with van der Waals surface area (Å²) in [6.07, 6.45) is -2.28. The van der Waals surface area contributed by atoms with E-state index >= 15 is 0 Å². The van der Waals surface area contributed by atoms with Crippen LogP contribution in [0.15, 0.2) is 30.3 Å². The lowest BCUT2D eigenvalue weighted by molar-refractivity contribution is -0.138. The minimum atomic E-state index is -4.59. The number of alkyl halides is 3. The average Bonchev–Trinajstić information content (AvgIpc) is 3.23. The Kier molecular flexibility index (Phi) is 7.30. The van der Waals surface area contributed by atoms with Gasteiger partial charge in [0.15, 0.2) is 0 Å². The molecule has 0 bridgehead atoms. The van der Waals surface area contributed by atoms with Gasteiger partial charge < -0.3 is 20.6 Å². The molecule has 1 heterocycles. The highest BCUT2D eigenvalue weighted by Crippen LogP contribution is 2.36. The number of benzene rings is 2. The Labute approximate surface area is 188 Å². The SMILES string of the molecule is Cc1c(C(F)(F)F)ccc(C(=O)Nc2cc(C(=O)O)ccc2NCCN2CCCC2)c1Cl. The monoisotopic (exact) mass is 469 g/mol. The topological polar surface area (TPSA) is 81.7 Å². The fourth-order valence-electron chi connectivity index (χ4n) is 3.65. The molecular formula is C22H23ClF3N3O3. The highest BCUT2D eigenvalue weighted by molar-refractivity contribution is 6.35. The van der Waals surface area contributed by atoms with E-state index in [-0.39, 0.29) is 27.4 Å². The number of anilines is 2. The van der Waals surface area contributed by atoms with Crippen LogP contribution in [0.1, 0.15) is 44.7 Å². The quantitative estimate of drug-likeness (QED) is 0.524. The van der Waals surface area contributed by atoms with Gasteiger partial charge in [0.25, 0.3) is 5.91 Å². The maximum absolute atomic E-state index is 13.1. The van der Waals surface area contributed by atoms with Gasteiger partial charge in [-0.3, -0.25) is 4.79 Å². The van der Waals surface area contributed by atoms with Crippen molar-refractivity contribution in [2.24, 2.45) is 0 Å². The summed E-state index contributed by atoms with van der Waals surface area (Å²) < 4.78 is 39.3. The minimum Gasteiger partial charge on any atom is -0.478 e. The number of carbonyl (C=O) groups excluding carboxylic acids is 1. The number of nitrogens with one attached hydrogen (secondary N) is 2. The molecule has 1 fully saturated rings. The summed E-state index contributed by atoms with van der Waals surface area (Å²) in [4.78, 5) is 26.5. The Bertz CT molecular complexity index is 1020. The normalized spacial score (nSPS) is 14.4. The smallest absolute Gasteiger partial charge is 0.416 e. The van der Waals surface area contributed by atoms with Crippen molar-refractivity contribution in [3.63, 3.8) is 0 Å². The maximum atomic E-state index is 13.1. The van der Waals surface area contributed by atoms with E-state index in [4.69, 9.17) is 11.6 Å². The molecule has 1 aliphatic rings. The molecule has 0 atom stereocenters. The van der Waals surface area contributed by atoms with Crippen molar-refractivity contribution in [3.8, 4) is 0 Å².